The summed E-state index contributed by atoms with van der Waals surface area (Å²) in [4.78, 5) is 12.3. The second-order valence-electron chi connectivity index (χ2n) is 5.42. The average molecular weight is 398 g/mol. The second kappa shape index (κ2) is 10.6. The van der Waals surface area contributed by atoms with Gasteiger partial charge in [-0.3, -0.25) is 4.79 Å². The quantitative estimate of drug-likeness (QED) is 0.590. The summed E-state index contributed by atoms with van der Waals surface area (Å²) >= 11 is 13.7. The maximum Gasteiger partial charge on any atom is 0.261 e. The van der Waals surface area contributed by atoms with E-state index in [0.717, 1.165) is 16.5 Å². The molecule has 0 aliphatic heterocycles. The Kier molecular flexibility index (Phi) is 8.45. The third kappa shape index (κ3) is 6.81. The molecule has 0 saturated heterocycles. The zero-order chi connectivity index (χ0) is 18.1. The lowest BCUT2D eigenvalue weighted by atomic mass is 10.2. The van der Waals surface area contributed by atoms with Crippen LogP contribution in [0.25, 0.3) is 0 Å². The third-order valence-electron chi connectivity index (χ3n) is 3.50. The van der Waals surface area contributed by atoms with Crippen LogP contribution in [0.2, 0.25) is 10.0 Å². The van der Waals surface area contributed by atoms with Crippen molar-refractivity contribution in [2.45, 2.75) is 25.2 Å². The first-order valence-corrected chi connectivity index (χ1v) is 10.0. The van der Waals surface area contributed by atoms with Crippen LogP contribution in [0.1, 0.15) is 18.9 Å². The number of halogens is 2. The Morgan fingerprint density at radius 1 is 1.16 bits per heavy atom. The number of benzene rings is 2. The van der Waals surface area contributed by atoms with Crippen LogP contribution in [-0.4, -0.2) is 24.3 Å². The van der Waals surface area contributed by atoms with Gasteiger partial charge in [-0.15, -0.1) is 0 Å². The van der Waals surface area contributed by atoms with Crippen molar-refractivity contribution in [1.82, 2.24) is 5.32 Å². The van der Waals surface area contributed by atoms with Crippen molar-refractivity contribution in [3.8, 4) is 5.75 Å². The molecule has 1 unspecified atom stereocenters. The maximum absolute atomic E-state index is 12.3. The molecule has 1 amide bonds. The van der Waals surface area contributed by atoms with E-state index < -0.39 is 6.10 Å². The fourth-order valence-corrected chi connectivity index (χ4v) is 3.27. The summed E-state index contributed by atoms with van der Waals surface area (Å²) in [5.74, 6) is 2.13. The Balaban J connectivity index is 1.71. The standard InChI is InChI=1S/C19H21Cl2NO2S/c1-2-17(24-18-6-4-3-5-16(18)21)19(23)22-11-12-25-13-14-7-9-15(20)10-8-14/h3-10,17H,2,11-13H2,1H3,(H,22,23). The van der Waals surface area contributed by atoms with Gasteiger partial charge in [-0.2, -0.15) is 11.8 Å². The second-order valence-corrected chi connectivity index (χ2v) is 7.36. The van der Waals surface area contributed by atoms with E-state index in [-0.39, 0.29) is 5.91 Å². The fourth-order valence-electron chi connectivity index (χ4n) is 2.15. The molecular formula is C19H21Cl2NO2S. The first-order valence-electron chi connectivity index (χ1n) is 8.11. The molecule has 2 rings (SSSR count). The number of nitrogens with one attached hydrogen (secondary N) is 1. The molecule has 2 aromatic carbocycles. The molecule has 6 heteroatoms. The summed E-state index contributed by atoms with van der Waals surface area (Å²) in [5, 5.41) is 4.17. The van der Waals surface area contributed by atoms with Gasteiger partial charge in [-0.25, -0.2) is 0 Å². The molecule has 1 N–H and O–H groups in total. The van der Waals surface area contributed by atoms with E-state index in [0.29, 0.717) is 23.7 Å². The maximum atomic E-state index is 12.3. The molecule has 1 atom stereocenters. The normalized spacial score (nSPS) is 11.8. The SMILES string of the molecule is CCC(Oc1ccccc1Cl)C(=O)NCCSCc1ccc(Cl)cc1. The zero-order valence-corrected chi connectivity index (χ0v) is 16.3. The van der Waals surface area contributed by atoms with Crippen LogP contribution in [0.4, 0.5) is 0 Å². The van der Waals surface area contributed by atoms with Gasteiger partial charge in [0.05, 0.1) is 5.02 Å². The van der Waals surface area contributed by atoms with E-state index in [1.807, 2.05) is 43.3 Å². The van der Waals surface area contributed by atoms with Crippen LogP contribution >= 0.6 is 35.0 Å². The highest BCUT2D eigenvalue weighted by Crippen LogP contribution is 2.24. The summed E-state index contributed by atoms with van der Waals surface area (Å²) in [6, 6.07) is 15.0. The van der Waals surface area contributed by atoms with Crippen LogP contribution in [-0.2, 0) is 10.5 Å². The molecule has 2 aromatic rings. The molecule has 0 aliphatic carbocycles. The Hall–Kier alpha value is -1.36. The van der Waals surface area contributed by atoms with Crippen LogP contribution < -0.4 is 10.1 Å². The van der Waals surface area contributed by atoms with Crippen LogP contribution in [0.3, 0.4) is 0 Å². The monoisotopic (exact) mass is 397 g/mol. The minimum Gasteiger partial charge on any atom is -0.479 e. The van der Waals surface area contributed by atoms with Crippen molar-refractivity contribution in [1.29, 1.82) is 0 Å². The molecule has 134 valence electrons. The van der Waals surface area contributed by atoms with Crippen molar-refractivity contribution in [2.24, 2.45) is 0 Å². The molecule has 0 spiro atoms. The van der Waals surface area contributed by atoms with Gasteiger partial charge in [0, 0.05) is 23.1 Å². The van der Waals surface area contributed by atoms with Gasteiger partial charge < -0.3 is 10.1 Å². The topological polar surface area (TPSA) is 38.3 Å². The predicted octanol–water partition coefficient (Wildman–Crippen LogP) is 5.20. The molecule has 0 aromatic heterocycles. The number of amides is 1. The molecule has 0 heterocycles. The summed E-state index contributed by atoms with van der Waals surface area (Å²) in [6.45, 7) is 2.51. The molecule has 25 heavy (non-hydrogen) atoms. The lowest BCUT2D eigenvalue weighted by molar-refractivity contribution is -0.127. The number of thioether (sulfide) groups is 1. The molecule has 0 saturated carbocycles. The minimum absolute atomic E-state index is 0.116. The van der Waals surface area contributed by atoms with Crippen molar-refractivity contribution in [3.05, 3.63) is 64.1 Å². The smallest absolute Gasteiger partial charge is 0.261 e. The van der Waals surface area contributed by atoms with Gasteiger partial charge in [0.15, 0.2) is 6.10 Å². The van der Waals surface area contributed by atoms with Crippen LogP contribution in [0, 0.1) is 0 Å². The highest BCUT2D eigenvalue weighted by Gasteiger charge is 2.18. The largest absolute Gasteiger partial charge is 0.479 e. The highest BCUT2D eigenvalue weighted by molar-refractivity contribution is 7.98. The number of carbonyl (C=O) groups excluding carboxylic acids is 1. The first-order chi connectivity index (χ1) is 12.1. The Morgan fingerprint density at radius 2 is 1.88 bits per heavy atom. The number of carbonyl (C=O) groups is 1. The van der Waals surface area contributed by atoms with Gasteiger partial charge in [0.1, 0.15) is 5.75 Å². The lowest BCUT2D eigenvalue weighted by Gasteiger charge is -2.18. The van der Waals surface area contributed by atoms with Crippen molar-refractivity contribution >= 4 is 40.9 Å². The van der Waals surface area contributed by atoms with Crippen molar-refractivity contribution in [3.63, 3.8) is 0 Å². The van der Waals surface area contributed by atoms with Gasteiger partial charge >= 0.3 is 0 Å². The summed E-state index contributed by atoms with van der Waals surface area (Å²) < 4.78 is 5.73. The van der Waals surface area contributed by atoms with Crippen molar-refractivity contribution in [2.75, 3.05) is 12.3 Å². The lowest BCUT2D eigenvalue weighted by Crippen LogP contribution is -2.39. The molecule has 0 bridgehead atoms. The number of hydrogen-bond donors (Lipinski definition) is 1. The van der Waals surface area contributed by atoms with Gasteiger partial charge in [-0.1, -0.05) is 54.4 Å². The minimum atomic E-state index is -0.541. The number of para-hydroxylation sites is 1. The fraction of sp³-hybridized carbons (Fsp3) is 0.316. The highest BCUT2D eigenvalue weighted by atomic mass is 35.5. The Bertz CT molecular complexity index is 679. The first kappa shape index (κ1) is 20.0. The third-order valence-corrected chi connectivity index (χ3v) is 5.09. The predicted molar refractivity (Wildman–Crippen MR) is 107 cm³/mol. The average Bonchev–Trinajstić information content (AvgIpc) is 2.62. The number of rotatable bonds is 9. The van der Waals surface area contributed by atoms with Gasteiger partial charge in [-0.05, 0) is 36.2 Å². The van der Waals surface area contributed by atoms with E-state index in [4.69, 9.17) is 27.9 Å². The molecular weight excluding hydrogens is 377 g/mol. The van der Waals surface area contributed by atoms with Gasteiger partial charge in [0.2, 0.25) is 0 Å². The molecule has 3 nitrogen and oxygen atoms in total. The number of hydrogen-bond acceptors (Lipinski definition) is 3. The number of ether oxygens (including phenoxy) is 1. The van der Waals surface area contributed by atoms with E-state index in [1.165, 1.54) is 5.56 Å². The Morgan fingerprint density at radius 3 is 2.56 bits per heavy atom. The van der Waals surface area contributed by atoms with E-state index in [1.54, 1.807) is 23.9 Å². The summed E-state index contributed by atoms with van der Waals surface area (Å²) in [6.07, 6.45) is 0.0378. The van der Waals surface area contributed by atoms with E-state index >= 15 is 0 Å². The summed E-state index contributed by atoms with van der Waals surface area (Å²) in [7, 11) is 0. The van der Waals surface area contributed by atoms with Gasteiger partial charge in [0.25, 0.3) is 5.91 Å². The molecule has 0 aliphatic rings. The molecule has 0 fully saturated rings. The molecule has 0 radical (unpaired) electrons. The van der Waals surface area contributed by atoms with Crippen LogP contribution in [0.15, 0.2) is 48.5 Å². The van der Waals surface area contributed by atoms with E-state index in [2.05, 4.69) is 5.32 Å². The van der Waals surface area contributed by atoms with E-state index in [9.17, 15) is 4.79 Å². The Labute approximate surface area is 163 Å². The summed E-state index contributed by atoms with van der Waals surface area (Å²) in [5.41, 5.74) is 1.22. The van der Waals surface area contributed by atoms with Crippen molar-refractivity contribution < 1.29 is 9.53 Å². The zero-order valence-electron chi connectivity index (χ0n) is 14.0. The van der Waals surface area contributed by atoms with Crippen LogP contribution in [0.5, 0.6) is 5.75 Å².